The molecular weight excluding hydrogens is 324 g/mol. The second-order valence-corrected chi connectivity index (χ2v) is 10.5. The largest absolute Gasteiger partial charge is 0.401 e. The second kappa shape index (κ2) is 7.67. The number of hydrogen-bond acceptors (Lipinski definition) is 2. The summed E-state index contributed by atoms with van der Waals surface area (Å²) in [6, 6.07) is 20.8. The van der Waals surface area contributed by atoms with Crippen LogP contribution in [-0.2, 0) is 9.22 Å². The molecule has 0 saturated heterocycles. The van der Waals surface area contributed by atoms with Gasteiger partial charge in [-0.1, -0.05) is 81.4 Å². The Kier molecular flexibility index (Phi) is 5.55. The van der Waals surface area contributed by atoms with Crippen LogP contribution in [0.15, 0.2) is 60.7 Å². The third-order valence-electron chi connectivity index (χ3n) is 5.33. The van der Waals surface area contributed by atoms with Gasteiger partial charge in [-0.25, -0.2) is 0 Å². The summed E-state index contributed by atoms with van der Waals surface area (Å²) in [5.74, 6) is 0.821. The Bertz CT molecular complexity index is 651. The molecule has 0 aromatic heterocycles. The van der Waals surface area contributed by atoms with Gasteiger partial charge in [-0.05, 0) is 34.5 Å². The van der Waals surface area contributed by atoms with Crippen molar-refractivity contribution in [3.63, 3.8) is 0 Å². The third kappa shape index (κ3) is 4.47. The topological polar surface area (TPSA) is 26.3 Å². The summed E-state index contributed by atoms with van der Waals surface area (Å²) < 4.78 is 6.59. The first-order valence-electron chi connectivity index (χ1n) is 9.23. The van der Waals surface area contributed by atoms with Gasteiger partial charge in [-0.3, -0.25) is 4.79 Å². The van der Waals surface area contributed by atoms with Crippen LogP contribution >= 0.6 is 0 Å². The maximum absolute atomic E-state index is 12.6. The third-order valence-corrected chi connectivity index (χ3v) is 7.91. The van der Waals surface area contributed by atoms with E-state index in [2.05, 4.69) is 69.3 Å². The summed E-state index contributed by atoms with van der Waals surface area (Å²) in [5.41, 5.74) is 0.221. The molecule has 3 rings (SSSR count). The van der Waals surface area contributed by atoms with Gasteiger partial charge in [0, 0.05) is 6.42 Å². The van der Waals surface area contributed by atoms with E-state index in [1.165, 1.54) is 10.4 Å². The van der Waals surface area contributed by atoms with Crippen molar-refractivity contribution in [1.29, 1.82) is 0 Å². The lowest BCUT2D eigenvalue weighted by atomic mass is 9.71. The van der Waals surface area contributed by atoms with Crippen LogP contribution in [0.25, 0.3) is 0 Å². The fraction of sp³-hybridized carbons (Fsp3) is 0.409. The van der Waals surface area contributed by atoms with Crippen LogP contribution in [0.1, 0.15) is 40.0 Å². The molecule has 3 heteroatoms. The smallest absolute Gasteiger partial charge is 0.240 e. The fourth-order valence-electron chi connectivity index (χ4n) is 3.67. The predicted molar refractivity (Wildman–Crippen MR) is 106 cm³/mol. The van der Waals surface area contributed by atoms with Crippen LogP contribution < -0.4 is 10.4 Å². The van der Waals surface area contributed by atoms with Gasteiger partial charge >= 0.3 is 0 Å². The first-order valence-corrected chi connectivity index (χ1v) is 10.9. The van der Waals surface area contributed by atoms with Crippen LogP contribution in [0.4, 0.5) is 0 Å². The van der Waals surface area contributed by atoms with E-state index in [0.29, 0.717) is 12.3 Å². The van der Waals surface area contributed by atoms with E-state index in [0.717, 1.165) is 12.8 Å². The van der Waals surface area contributed by atoms with Crippen molar-refractivity contribution in [2.75, 3.05) is 0 Å². The molecule has 0 N–H and O–H groups in total. The van der Waals surface area contributed by atoms with Crippen LogP contribution in [0.3, 0.4) is 0 Å². The van der Waals surface area contributed by atoms with E-state index < -0.39 is 9.04 Å². The Hall–Kier alpha value is -1.71. The van der Waals surface area contributed by atoms with Crippen molar-refractivity contribution in [3.8, 4) is 0 Å². The quantitative estimate of drug-likeness (QED) is 0.789. The molecule has 2 nitrogen and oxygen atoms in total. The highest BCUT2D eigenvalue weighted by Crippen LogP contribution is 2.37. The first-order chi connectivity index (χ1) is 11.9. The summed E-state index contributed by atoms with van der Waals surface area (Å²) in [5, 5.41) is 2.47. The van der Waals surface area contributed by atoms with E-state index >= 15 is 0 Å². The van der Waals surface area contributed by atoms with Crippen molar-refractivity contribution in [3.05, 3.63) is 60.7 Å². The highest BCUT2D eigenvalue weighted by atomic mass is 28.3. The standard InChI is InChI=1S/C22H28O2Si/c1-22(2,3)17-14-15-20(23)21(16-17)24-25(18-10-6-4-7-11-18)19-12-8-5-9-13-19/h4-13,17,21,25H,14-16H2,1-3H3. The molecule has 1 fully saturated rings. The number of benzene rings is 2. The van der Waals surface area contributed by atoms with Gasteiger partial charge in [0.15, 0.2) is 5.78 Å². The maximum Gasteiger partial charge on any atom is 0.240 e. The van der Waals surface area contributed by atoms with Gasteiger partial charge in [0.25, 0.3) is 0 Å². The van der Waals surface area contributed by atoms with Gasteiger partial charge in [-0.2, -0.15) is 0 Å². The molecule has 2 aromatic carbocycles. The number of ketones is 1. The van der Waals surface area contributed by atoms with E-state index in [9.17, 15) is 4.79 Å². The summed E-state index contributed by atoms with van der Waals surface area (Å²) in [4.78, 5) is 12.6. The summed E-state index contributed by atoms with van der Waals surface area (Å²) >= 11 is 0. The van der Waals surface area contributed by atoms with Gasteiger partial charge in [-0.15, -0.1) is 0 Å². The van der Waals surface area contributed by atoms with E-state index in [1.807, 2.05) is 12.1 Å². The van der Waals surface area contributed by atoms with E-state index in [-0.39, 0.29) is 17.3 Å². The lowest BCUT2D eigenvalue weighted by molar-refractivity contribution is -0.130. The minimum Gasteiger partial charge on any atom is -0.401 e. The minimum atomic E-state index is -1.86. The van der Waals surface area contributed by atoms with Gasteiger partial charge < -0.3 is 4.43 Å². The lowest BCUT2D eigenvalue weighted by Crippen LogP contribution is -2.50. The SMILES string of the molecule is CC(C)(C)C1CCC(=O)C(O[SiH](c2ccccc2)c2ccccc2)C1. The van der Waals surface area contributed by atoms with Crippen molar-refractivity contribution >= 4 is 25.2 Å². The molecule has 0 aliphatic heterocycles. The highest BCUT2D eigenvalue weighted by molar-refractivity contribution is 6.80. The summed E-state index contributed by atoms with van der Waals surface area (Å²) in [7, 11) is -1.86. The molecule has 1 aliphatic rings. The molecule has 1 aliphatic carbocycles. The number of carbonyl (C=O) groups is 1. The van der Waals surface area contributed by atoms with Crippen molar-refractivity contribution in [1.82, 2.24) is 0 Å². The monoisotopic (exact) mass is 352 g/mol. The molecule has 2 unspecified atom stereocenters. The number of hydrogen-bond donors (Lipinski definition) is 0. The summed E-state index contributed by atoms with van der Waals surface area (Å²) in [6.45, 7) is 6.81. The minimum absolute atomic E-state index is 0.221. The molecule has 0 radical (unpaired) electrons. The zero-order valence-electron chi connectivity index (χ0n) is 15.4. The molecule has 0 bridgehead atoms. The zero-order chi connectivity index (χ0) is 17.9. The van der Waals surface area contributed by atoms with Crippen molar-refractivity contribution in [2.24, 2.45) is 11.3 Å². The molecule has 0 heterocycles. The van der Waals surface area contributed by atoms with Gasteiger partial charge in [0.2, 0.25) is 9.04 Å². The van der Waals surface area contributed by atoms with Crippen LogP contribution in [0.2, 0.25) is 0 Å². The molecule has 0 amide bonds. The van der Waals surface area contributed by atoms with E-state index in [1.54, 1.807) is 0 Å². The number of Topliss-reactive ketones (excluding diaryl/α,β-unsaturated/α-hetero) is 1. The molecular formula is C22H28O2Si. The summed E-state index contributed by atoms with van der Waals surface area (Å²) in [6.07, 6.45) is 2.24. The molecule has 0 spiro atoms. The van der Waals surface area contributed by atoms with Crippen LogP contribution in [-0.4, -0.2) is 20.9 Å². The Labute approximate surface area is 153 Å². The van der Waals surface area contributed by atoms with Crippen LogP contribution in [0.5, 0.6) is 0 Å². The normalized spacial score (nSPS) is 21.5. The molecule has 25 heavy (non-hydrogen) atoms. The van der Waals surface area contributed by atoms with Gasteiger partial charge in [0.05, 0.1) is 0 Å². The molecule has 2 aromatic rings. The number of carbonyl (C=O) groups excluding carboxylic acids is 1. The predicted octanol–water partition coefficient (Wildman–Crippen LogP) is 3.33. The molecule has 1 saturated carbocycles. The zero-order valence-corrected chi connectivity index (χ0v) is 16.6. The fourth-order valence-corrected chi connectivity index (χ4v) is 6.11. The van der Waals surface area contributed by atoms with Crippen LogP contribution in [0, 0.1) is 11.3 Å². The van der Waals surface area contributed by atoms with Crippen molar-refractivity contribution in [2.45, 2.75) is 46.1 Å². The second-order valence-electron chi connectivity index (χ2n) is 8.13. The Morgan fingerprint density at radius 2 is 1.44 bits per heavy atom. The Morgan fingerprint density at radius 1 is 0.920 bits per heavy atom. The average molecular weight is 353 g/mol. The molecule has 2 atom stereocenters. The average Bonchev–Trinajstić information content (AvgIpc) is 2.61. The van der Waals surface area contributed by atoms with E-state index in [4.69, 9.17) is 4.43 Å². The number of rotatable bonds is 4. The lowest BCUT2D eigenvalue weighted by Gasteiger charge is -2.38. The Morgan fingerprint density at radius 3 is 1.92 bits per heavy atom. The van der Waals surface area contributed by atoms with Gasteiger partial charge in [0.1, 0.15) is 6.10 Å². The Balaban J connectivity index is 1.86. The van der Waals surface area contributed by atoms with Crippen molar-refractivity contribution < 1.29 is 9.22 Å². The molecule has 132 valence electrons. The maximum atomic E-state index is 12.6. The highest BCUT2D eigenvalue weighted by Gasteiger charge is 2.37. The first kappa shape index (κ1) is 18.1.